The maximum Gasteiger partial charge on any atom is 0.264 e. The van der Waals surface area contributed by atoms with Gasteiger partial charge < -0.3 is 15.4 Å². The Morgan fingerprint density at radius 3 is 2.41 bits per heavy atom. The Kier molecular flexibility index (Phi) is 8.25. The van der Waals surface area contributed by atoms with Crippen molar-refractivity contribution in [1.29, 1.82) is 0 Å². The fourth-order valence-electron chi connectivity index (χ4n) is 4.13. The molecule has 0 aromatic heterocycles. The fraction of sp³-hybridized carbons (Fsp3) is 0.286. The van der Waals surface area contributed by atoms with Gasteiger partial charge in [-0.05, 0) is 74.2 Å². The van der Waals surface area contributed by atoms with E-state index >= 15 is 0 Å². The molecule has 1 fully saturated rings. The van der Waals surface area contributed by atoms with E-state index in [9.17, 15) is 18.0 Å². The zero-order chi connectivity index (χ0) is 26.4. The quantitative estimate of drug-likeness (QED) is 0.442. The molecule has 1 saturated heterocycles. The lowest BCUT2D eigenvalue weighted by Gasteiger charge is -2.25. The summed E-state index contributed by atoms with van der Waals surface area (Å²) in [4.78, 5) is 26.1. The standard InChI is InChI=1S/C28H31N3O5S/c1-20-14-15-22(17-21(20)2)31(37(34,35)24-10-4-3-5-11-24)19-27(32)30-26-13-7-6-12-25(26)28(33)29-18-23-9-8-16-36-23/h3-7,10-15,17,23H,8-9,16,18-19H2,1-2H3,(H,29,33)(H,30,32)/t23-/m0/s1. The van der Waals surface area contributed by atoms with E-state index in [1.165, 1.54) is 12.1 Å². The lowest BCUT2D eigenvalue weighted by atomic mass is 10.1. The highest BCUT2D eigenvalue weighted by atomic mass is 32.2. The van der Waals surface area contributed by atoms with Crippen LogP contribution in [0.2, 0.25) is 0 Å². The van der Waals surface area contributed by atoms with Crippen molar-refractivity contribution in [2.45, 2.75) is 37.7 Å². The molecule has 2 amide bonds. The number of aryl methyl sites for hydroxylation is 2. The minimum atomic E-state index is -4.04. The van der Waals surface area contributed by atoms with Crippen LogP contribution >= 0.6 is 0 Å². The molecule has 0 radical (unpaired) electrons. The Bertz CT molecular complexity index is 1370. The van der Waals surface area contributed by atoms with Gasteiger partial charge in [0, 0.05) is 13.2 Å². The van der Waals surface area contributed by atoms with Crippen molar-refractivity contribution in [2.75, 3.05) is 29.3 Å². The number of rotatable bonds is 9. The van der Waals surface area contributed by atoms with Crippen LogP contribution < -0.4 is 14.9 Å². The minimum absolute atomic E-state index is 0.0135. The van der Waals surface area contributed by atoms with Crippen LogP contribution in [0, 0.1) is 13.8 Å². The molecule has 1 atom stereocenters. The summed E-state index contributed by atoms with van der Waals surface area (Å²) in [5.41, 5.74) is 2.88. The minimum Gasteiger partial charge on any atom is -0.376 e. The monoisotopic (exact) mass is 521 g/mol. The third-order valence-corrected chi connectivity index (χ3v) is 8.15. The predicted molar refractivity (Wildman–Crippen MR) is 143 cm³/mol. The van der Waals surface area contributed by atoms with Crippen LogP contribution in [0.15, 0.2) is 77.7 Å². The summed E-state index contributed by atoms with van der Waals surface area (Å²) >= 11 is 0. The normalized spacial score (nSPS) is 15.2. The molecule has 0 unspecified atom stereocenters. The van der Waals surface area contributed by atoms with Gasteiger partial charge in [-0.3, -0.25) is 13.9 Å². The van der Waals surface area contributed by atoms with Gasteiger partial charge in [-0.2, -0.15) is 0 Å². The lowest BCUT2D eigenvalue weighted by Crippen LogP contribution is -2.38. The van der Waals surface area contributed by atoms with E-state index in [1.54, 1.807) is 54.6 Å². The molecular formula is C28H31N3O5S. The second-order valence-electron chi connectivity index (χ2n) is 9.03. The zero-order valence-corrected chi connectivity index (χ0v) is 21.8. The number of hydrogen-bond donors (Lipinski definition) is 2. The van der Waals surface area contributed by atoms with Gasteiger partial charge in [-0.25, -0.2) is 8.42 Å². The average molecular weight is 522 g/mol. The number of carbonyl (C=O) groups excluding carboxylic acids is 2. The van der Waals surface area contributed by atoms with E-state index in [1.807, 2.05) is 19.9 Å². The second kappa shape index (κ2) is 11.6. The first-order valence-corrected chi connectivity index (χ1v) is 13.6. The molecule has 9 heteroatoms. The molecule has 2 N–H and O–H groups in total. The number of nitrogens with zero attached hydrogens (tertiary/aromatic N) is 1. The fourth-order valence-corrected chi connectivity index (χ4v) is 5.57. The van der Waals surface area contributed by atoms with Crippen molar-refractivity contribution in [3.8, 4) is 0 Å². The van der Waals surface area contributed by atoms with Crippen LogP contribution in [0.4, 0.5) is 11.4 Å². The molecule has 1 aliphatic rings. The van der Waals surface area contributed by atoms with Gasteiger partial charge in [0.15, 0.2) is 0 Å². The number of anilines is 2. The van der Waals surface area contributed by atoms with Gasteiger partial charge in [0.2, 0.25) is 5.91 Å². The third-order valence-electron chi connectivity index (χ3n) is 6.36. The van der Waals surface area contributed by atoms with Gasteiger partial charge in [0.25, 0.3) is 15.9 Å². The first-order chi connectivity index (χ1) is 17.8. The first-order valence-electron chi connectivity index (χ1n) is 12.2. The highest BCUT2D eigenvalue weighted by Crippen LogP contribution is 2.26. The van der Waals surface area contributed by atoms with Crippen LogP contribution in [-0.2, 0) is 19.6 Å². The smallest absolute Gasteiger partial charge is 0.264 e. The molecule has 1 heterocycles. The number of carbonyl (C=O) groups is 2. The maximum atomic E-state index is 13.6. The number of sulfonamides is 1. The summed E-state index contributed by atoms with van der Waals surface area (Å²) in [6, 6.07) is 19.9. The number of amides is 2. The Morgan fingerprint density at radius 2 is 1.70 bits per heavy atom. The Morgan fingerprint density at radius 1 is 0.973 bits per heavy atom. The van der Waals surface area contributed by atoms with E-state index in [2.05, 4.69) is 10.6 Å². The molecule has 3 aromatic carbocycles. The molecule has 4 rings (SSSR count). The highest BCUT2D eigenvalue weighted by molar-refractivity contribution is 7.92. The van der Waals surface area contributed by atoms with Gasteiger partial charge in [-0.1, -0.05) is 36.4 Å². The second-order valence-corrected chi connectivity index (χ2v) is 10.9. The molecule has 1 aliphatic heterocycles. The number of ether oxygens (including phenoxy) is 1. The zero-order valence-electron chi connectivity index (χ0n) is 20.9. The van der Waals surface area contributed by atoms with Crippen LogP contribution in [-0.4, -0.2) is 46.0 Å². The number of benzene rings is 3. The molecule has 3 aromatic rings. The van der Waals surface area contributed by atoms with Crippen molar-refractivity contribution < 1.29 is 22.7 Å². The first kappa shape index (κ1) is 26.4. The molecule has 37 heavy (non-hydrogen) atoms. The van der Waals surface area contributed by atoms with Gasteiger partial charge in [0.05, 0.1) is 27.9 Å². The summed E-state index contributed by atoms with van der Waals surface area (Å²) < 4.78 is 33.8. The SMILES string of the molecule is Cc1ccc(N(CC(=O)Nc2ccccc2C(=O)NC[C@@H]2CCCO2)S(=O)(=O)c2ccccc2)cc1C. The van der Waals surface area contributed by atoms with Crippen molar-refractivity contribution in [1.82, 2.24) is 5.32 Å². The highest BCUT2D eigenvalue weighted by Gasteiger charge is 2.28. The van der Waals surface area contributed by atoms with Crippen LogP contribution in [0.5, 0.6) is 0 Å². The lowest BCUT2D eigenvalue weighted by molar-refractivity contribution is -0.114. The maximum absolute atomic E-state index is 13.6. The topological polar surface area (TPSA) is 105 Å². The summed E-state index contributed by atoms with van der Waals surface area (Å²) in [5, 5.41) is 5.59. The van der Waals surface area contributed by atoms with E-state index in [-0.39, 0.29) is 22.5 Å². The summed E-state index contributed by atoms with van der Waals surface area (Å²) in [7, 11) is -4.04. The molecule has 0 saturated carbocycles. The van der Waals surface area contributed by atoms with Crippen LogP contribution in [0.25, 0.3) is 0 Å². The molecule has 0 bridgehead atoms. The van der Waals surface area contributed by atoms with Crippen molar-refractivity contribution in [3.63, 3.8) is 0 Å². The van der Waals surface area contributed by atoms with E-state index in [0.29, 0.717) is 24.5 Å². The van der Waals surface area contributed by atoms with Gasteiger partial charge in [-0.15, -0.1) is 0 Å². The summed E-state index contributed by atoms with van der Waals surface area (Å²) in [6.07, 6.45) is 1.85. The van der Waals surface area contributed by atoms with Crippen molar-refractivity contribution >= 4 is 33.2 Å². The molecular weight excluding hydrogens is 490 g/mol. The number of para-hydroxylation sites is 1. The largest absolute Gasteiger partial charge is 0.376 e. The molecule has 8 nitrogen and oxygen atoms in total. The average Bonchev–Trinajstić information content (AvgIpc) is 3.42. The Labute approximate surface area is 217 Å². The Hall–Kier alpha value is -3.69. The van der Waals surface area contributed by atoms with E-state index in [4.69, 9.17) is 4.74 Å². The van der Waals surface area contributed by atoms with Crippen LogP contribution in [0.1, 0.15) is 34.3 Å². The third kappa shape index (κ3) is 6.36. The Balaban J connectivity index is 1.56. The van der Waals surface area contributed by atoms with E-state index < -0.39 is 22.5 Å². The molecule has 0 spiro atoms. The van der Waals surface area contributed by atoms with Crippen LogP contribution in [0.3, 0.4) is 0 Å². The number of nitrogens with one attached hydrogen (secondary N) is 2. The summed E-state index contributed by atoms with van der Waals surface area (Å²) in [6.45, 7) is 4.43. The molecule has 0 aliphatic carbocycles. The van der Waals surface area contributed by atoms with E-state index in [0.717, 1.165) is 28.3 Å². The molecule has 194 valence electrons. The van der Waals surface area contributed by atoms with Gasteiger partial charge >= 0.3 is 0 Å². The number of hydrogen-bond acceptors (Lipinski definition) is 5. The van der Waals surface area contributed by atoms with Crippen molar-refractivity contribution in [2.24, 2.45) is 0 Å². The van der Waals surface area contributed by atoms with Crippen molar-refractivity contribution in [3.05, 3.63) is 89.5 Å². The predicted octanol–water partition coefficient (Wildman–Crippen LogP) is 4.05. The summed E-state index contributed by atoms with van der Waals surface area (Å²) in [5.74, 6) is -0.911. The van der Waals surface area contributed by atoms with Gasteiger partial charge in [0.1, 0.15) is 6.54 Å².